The number of carbonyl (C=O) groups excluding carboxylic acids is 2. The topological polar surface area (TPSA) is 83.1 Å². The lowest BCUT2D eigenvalue weighted by atomic mass is 10.3. The van der Waals surface area contributed by atoms with E-state index in [2.05, 4.69) is 20.9 Å². The molecule has 114 valence electrons. The van der Waals surface area contributed by atoms with Crippen molar-refractivity contribution in [2.75, 3.05) is 25.0 Å². The molecule has 0 spiro atoms. The van der Waals surface area contributed by atoms with Gasteiger partial charge in [0.15, 0.2) is 0 Å². The van der Waals surface area contributed by atoms with Gasteiger partial charge in [-0.05, 0) is 31.9 Å². The first kappa shape index (κ1) is 15.6. The molecule has 2 rings (SSSR count). The van der Waals surface area contributed by atoms with E-state index in [9.17, 15) is 9.59 Å². The highest BCUT2D eigenvalue weighted by atomic mass is 35.5. The highest BCUT2D eigenvalue weighted by Gasteiger charge is 2.29. The number of nitrogens with one attached hydrogen (secondary N) is 3. The van der Waals surface area contributed by atoms with E-state index in [0.29, 0.717) is 30.5 Å². The van der Waals surface area contributed by atoms with Crippen molar-refractivity contribution in [2.45, 2.75) is 19.8 Å². The van der Waals surface area contributed by atoms with Crippen LogP contribution in [-0.2, 0) is 4.79 Å². The highest BCUT2D eigenvalue weighted by molar-refractivity contribution is 6.33. The number of pyridine rings is 1. The lowest BCUT2D eigenvalue weighted by Crippen LogP contribution is -2.35. The molecule has 0 saturated heterocycles. The van der Waals surface area contributed by atoms with Crippen LogP contribution in [-0.4, -0.2) is 36.4 Å². The molecule has 1 aromatic rings. The molecule has 1 fully saturated rings. The zero-order valence-electron chi connectivity index (χ0n) is 11.9. The van der Waals surface area contributed by atoms with Crippen LogP contribution in [0.15, 0.2) is 12.1 Å². The van der Waals surface area contributed by atoms with Crippen LogP contribution < -0.4 is 16.0 Å². The number of rotatable bonds is 7. The van der Waals surface area contributed by atoms with Gasteiger partial charge in [0.1, 0.15) is 11.5 Å². The molecule has 1 aromatic heterocycles. The molecule has 0 unspecified atom stereocenters. The van der Waals surface area contributed by atoms with Crippen molar-refractivity contribution in [3.63, 3.8) is 0 Å². The normalized spacial score (nSPS) is 13.6. The van der Waals surface area contributed by atoms with Gasteiger partial charge in [0.2, 0.25) is 5.91 Å². The summed E-state index contributed by atoms with van der Waals surface area (Å²) in [6, 6.07) is 3.36. The molecule has 0 radical (unpaired) electrons. The van der Waals surface area contributed by atoms with Gasteiger partial charge < -0.3 is 16.0 Å². The fraction of sp³-hybridized carbons (Fsp3) is 0.500. The van der Waals surface area contributed by atoms with Gasteiger partial charge in [-0.25, -0.2) is 4.98 Å². The maximum absolute atomic E-state index is 12.0. The number of aromatic nitrogens is 1. The molecule has 1 aliphatic rings. The van der Waals surface area contributed by atoms with Gasteiger partial charge in [-0.1, -0.05) is 11.6 Å². The Morgan fingerprint density at radius 1 is 1.29 bits per heavy atom. The van der Waals surface area contributed by atoms with Crippen molar-refractivity contribution in [1.29, 1.82) is 0 Å². The Hall–Kier alpha value is -1.82. The Kier molecular flexibility index (Phi) is 5.38. The third-order valence-electron chi connectivity index (χ3n) is 3.08. The Morgan fingerprint density at radius 2 is 2.00 bits per heavy atom. The van der Waals surface area contributed by atoms with Crippen LogP contribution in [0.5, 0.6) is 0 Å². The molecule has 1 aliphatic carbocycles. The predicted molar refractivity (Wildman–Crippen MR) is 81.5 cm³/mol. The van der Waals surface area contributed by atoms with E-state index in [4.69, 9.17) is 11.6 Å². The molecule has 2 amide bonds. The van der Waals surface area contributed by atoms with E-state index < -0.39 is 0 Å². The molecule has 6 nitrogen and oxygen atoms in total. The largest absolute Gasteiger partial charge is 0.370 e. The lowest BCUT2D eigenvalue weighted by molar-refractivity contribution is -0.122. The maximum atomic E-state index is 12.0. The van der Waals surface area contributed by atoms with Crippen molar-refractivity contribution in [3.05, 3.63) is 22.8 Å². The minimum atomic E-state index is -0.347. The molecule has 21 heavy (non-hydrogen) atoms. The summed E-state index contributed by atoms with van der Waals surface area (Å²) in [5.74, 6) is 0.498. The summed E-state index contributed by atoms with van der Waals surface area (Å²) in [7, 11) is 0. The fourth-order valence-corrected chi connectivity index (χ4v) is 2.01. The summed E-state index contributed by atoms with van der Waals surface area (Å²) in [6.07, 6.45) is 1.93. The van der Waals surface area contributed by atoms with Gasteiger partial charge in [0.05, 0.1) is 5.02 Å². The Labute approximate surface area is 128 Å². The van der Waals surface area contributed by atoms with Crippen LogP contribution in [0.4, 0.5) is 5.82 Å². The minimum Gasteiger partial charge on any atom is -0.370 e. The van der Waals surface area contributed by atoms with Gasteiger partial charge in [-0.15, -0.1) is 0 Å². The summed E-state index contributed by atoms with van der Waals surface area (Å²) in [4.78, 5) is 27.6. The Morgan fingerprint density at radius 3 is 2.67 bits per heavy atom. The molecular weight excluding hydrogens is 292 g/mol. The number of anilines is 1. The molecule has 0 atom stereocenters. The second-order valence-electron chi connectivity index (χ2n) is 4.88. The van der Waals surface area contributed by atoms with Crippen LogP contribution in [0.1, 0.15) is 30.3 Å². The highest BCUT2D eigenvalue weighted by Crippen LogP contribution is 2.28. The summed E-state index contributed by atoms with van der Waals surface area (Å²) in [5, 5.41) is 8.80. The smallest absolute Gasteiger partial charge is 0.271 e. The zero-order valence-corrected chi connectivity index (χ0v) is 12.7. The SMILES string of the molecule is CCNc1ccc(Cl)c(C(=O)NCCNC(=O)C2CC2)n1. The van der Waals surface area contributed by atoms with Gasteiger partial charge in [-0.3, -0.25) is 9.59 Å². The number of hydrogen-bond acceptors (Lipinski definition) is 4. The maximum Gasteiger partial charge on any atom is 0.271 e. The van der Waals surface area contributed by atoms with E-state index in [1.165, 1.54) is 0 Å². The molecule has 0 aliphatic heterocycles. The fourth-order valence-electron chi connectivity index (χ4n) is 1.82. The summed E-state index contributed by atoms with van der Waals surface area (Å²) in [5.41, 5.74) is 0.184. The van der Waals surface area contributed by atoms with Crippen LogP contribution in [0, 0.1) is 5.92 Å². The Balaban J connectivity index is 1.81. The standard InChI is InChI=1S/C14H19ClN4O2/c1-2-16-11-6-5-10(15)12(19-11)14(21)18-8-7-17-13(20)9-3-4-9/h5-6,9H,2-4,7-8H2,1H3,(H,16,19)(H,17,20)(H,18,21). The first-order valence-corrected chi connectivity index (χ1v) is 7.46. The first-order valence-electron chi connectivity index (χ1n) is 7.08. The van der Waals surface area contributed by atoms with E-state index in [-0.39, 0.29) is 23.4 Å². The Bertz CT molecular complexity index is 532. The lowest BCUT2D eigenvalue weighted by Gasteiger charge is -2.09. The quantitative estimate of drug-likeness (QED) is 0.665. The molecular formula is C14H19ClN4O2. The number of carbonyl (C=O) groups is 2. The monoisotopic (exact) mass is 310 g/mol. The van der Waals surface area contributed by atoms with E-state index in [1.807, 2.05) is 6.92 Å². The average molecular weight is 311 g/mol. The number of nitrogens with zero attached hydrogens (tertiary/aromatic N) is 1. The second-order valence-corrected chi connectivity index (χ2v) is 5.29. The molecule has 7 heteroatoms. The first-order chi connectivity index (χ1) is 10.1. The van der Waals surface area contributed by atoms with Crippen LogP contribution in [0.25, 0.3) is 0 Å². The van der Waals surface area contributed by atoms with Gasteiger partial charge >= 0.3 is 0 Å². The van der Waals surface area contributed by atoms with Crippen molar-refractivity contribution in [1.82, 2.24) is 15.6 Å². The van der Waals surface area contributed by atoms with Gasteiger partial charge in [0.25, 0.3) is 5.91 Å². The molecule has 3 N–H and O–H groups in total. The van der Waals surface area contributed by atoms with Crippen LogP contribution in [0.3, 0.4) is 0 Å². The van der Waals surface area contributed by atoms with Crippen molar-refractivity contribution in [3.8, 4) is 0 Å². The average Bonchev–Trinajstić information content (AvgIpc) is 3.30. The van der Waals surface area contributed by atoms with Gasteiger partial charge in [-0.2, -0.15) is 0 Å². The number of halogens is 1. The molecule has 1 heterocycles. The number of amides is 2. The predicted octanol–water partition coefficient (Wildman–Crippen LogP) is 1.42. The van der Waals surface area contributed by atoms with Crippen molar-refractivity contribution in [2.24, 2.45) is 5.92 Å². The van der Waals surface area contributed by atoms with E-state index in [1.54, 1.807) is 12.1 Å². The van der Waals surface area contributed by atoms with E-state index in [0.717, 1.165) is 12.8 Å². The molecule has 0 bridgehead atoms. The second kappa shape index (κ2) is 7.26. The van der Waals surface area contributed by atoms with E-state index >= 15 is 0 Å². The van der Waals surface area contributed by atoms with Crippen molar-refractivity contribution >= 4 is 29.2 Å². The third-order valence-corrected chi connectivity index (χ3v) is 3.38. The zero-order chi connectivity index (χ0) is 15.2. The summed E-state index contributed by atoms with van der Waals surface area (Å²) in [6.45, 7) is 3.41. The summed E-state index contributed by atoms with van der Waals surface area (Å²) < 4.78 is 0. The summed E-state index contributed by atoms with van der Waals surface area (Å²) >= 11 is 5.98. The number of hydrogen-bond donors (Lipinski definition) is 3. The third kappa shape index (κ3) is 4.60. The van der Waals surface area contributed by atoms with Crippen LogP contribution >= 0.6 is 11.6 Å². The van der Waals surface area contributed by atoms with Crippen molar-refractivity contribution < 1.29 is 9.59 Å². The van der Waals surface area contributed by atoms with Crippen LogP contribution in [0.2, 0.25) is 5.02 Å². The minimum absolute atomic E-state index is 0.0644. The molecule has 1 saturated carbocycles. The van der Waals surface area contributed by atoms with Gasteiger partial charge in [0, 0.05) is 25.6 Å². The molecule has 0 aromatic carbocycles.